The third-order valence-corrected chi connectivity index (χ3v) is 5.21. The topological polar surface area (TPSA) is 79.3 Å². The van der Waals surface area contributed by atoms with Gasteiger partial charge in [-0.05, 0) is 23.8 Å². The second kappa shape index (κ2) is 5.57. The summed E-state index contributed by atoms with van der Waals surface area (Å²) < 4.78 is 26.6. The highest BCUT2D eigenvalue weighted by atomic mass is 32.2. The zero-order chi connectivity index (χ0) is 13.0. The van der Waals surface area contributed by atoms with Gasteiger partial charge in [-0.15, -0.1) is 11.3 Å². The van der Waals surface area contributed by atoms with Crippen LogP contribution in [0.5, 0.6) is 0 Å². The van der Waals surface area contributed by atoms with E-state index in [1.807, 2.05) is 0 Å². The molecule has 0 radical (unpaired) electrons. The maximum absolute atomic E-state index is 11.9. The fourth-order valence-corrected chi connectivity index (χ4v) is 3.62. The van der Waals surface area contributed by atoms with Gasteiger partial charge in [-0.25, -0.2) is 13.1 Å². The lowest BCUT2D eigenvalue weighted by atomic mass is 10.3. The fraction of sp³-hybridized carbons (Fsp3) is 0.182. The molecule has 0 aliphatic rings. The molecule has 96 valence electrons. The molecule has 0 fully saturated rings. The molecule has 0 saturated heterocycles. The van der Waals surface area contributed by atoms with Crippen molar-refractivity contribution in [3.8, 4) is 0 Å². The summed E-state index contributed by atoms with van der Waals surface area (Å²) in [4.78, 5) is 4.53. The van der Waals surface area contributed by atoms with Crippen molar-refractivity contribution >= 4 is 21.4 Å². The van der Waals surface area contributed by atoms with Crippen LogP contribution in [0.1, 0.15) is 10.4 Å². The van der Waals surface area contributed by atoms with Crippen LogP contribution in [0.2, 0.25) is 0 Å². The van der Waals surface area contributed by atoms with Crippen LogP contribution in [0.3, 0.4) is 0 Å². The number of aliphatic hydroxyl groups is 1. The lowest BCUT2D eigenvalue weighted by Crippen LogP contribution is -2.22. The molecule has 0 aliphatic carbocycles. The Balaban J connectivity index is 2.08. The number of aromatic nitrogens is 1. The molecule has 2 N–H and O–H groups in total. The zero-order valence-corrected chi connectivity index (χ0v) is 11.0. The highest BCUT2D eigenvalue weighted by Crippen LogP contribution is 2.21. The van der Waals surface area contributed by atoms with E-state index in [0.29, 0.717) is 4.88 Å². The summed E-state index contributed by atoms with van der Waals surface area (Å²) in [5, 5.41) is 8.91. The van der Waals surface area contributed by atoms with E-state index in [2.05, 4.69) is 9.71 Å². The zero-order valence-electron chi connectivity index (χ0n) is 9.41. The van der Waals surface area contributed by atoms with Crippen molar-refractivity contribution < 1.29 is 13.5 Å². The van der Waals surface area contributed by atoms with E-state index < -0.39 is 10.0 Å². The average Bonchev–Trinajstić information content (AvgIpc) is 2.87. The SMILES string of the molecule is O=S(=O)(NCc1cccnc1)c1ccc(CO)s1. The van der Waals surface area contributed by atoms with Crippen molar-refractivity contribution in [3.05, 3.63) is 47.1 Å². The summed E-state index contributed by atoms with van der Waals surface area (Å²) in [6.45, 7) is 0.0469. The van der Waals surface area contributed by atoms with Crippen molar-refractivity contribution in [2.45, 2.75) is 17.4 Å². The fourth-order valence-electron chi connectivity index (χ4n) is 1.34. The highest BCUT2D eigenvalue weighted by Gasteiger charge is 2.16. The van der Waals surface area contributed by atoms with Crippen LogP contribution >= 0.6 is 11.3 Å². The van der Waals surface area contributed by atoms with Gasteiger partial charge in [0.25, 0.3) is 0 Å². The monoisotopic (exact) mass is 284 g/mol. The van der Waals surface area contributed by atoms with Crippen LogP contribution in [0.4, 0.5) is 0 Å². The van der Waals surface area contributed by atoms with Crippen LogP contribution in [-0.2, 0) is 23.2 Å². The molecular formula is C11H12N2O3S2. The van der Waals surface area contributed by atoms with Gasteiger partial charge in [-0.1, -0.05) is 6.07 Å². The number of pyridine rings is 1. The van der Waals surface area contributed by atoms with Crippen molar-refractivity contribution in [2.24, 2.45) is 0 Å². The Bertz CT molecular complexity index is 608. The number of hydrogen-bond donors (Lipinski definition) is 2. The molecule has 0 atom stereocenters. The van der Waals surface area contributed by atoms with Gasteiger partial charge in [-0.2, -0.15) is 0 Å². The standard InChI is InChI=1S/C11H12N2O3S2/c14-8-10-3-4-11(17-10)18(15,16)13-7-9-2-1-5-12-6-9/h1-6,13-14H,7-8H2. The van der Waals surface area contributed by atoms with Crippen molar-refractivity contribution in [1.82, 2.24) is 9.71 Å². The normalized spacial score (nSPS) is 11.6. The van der Waals surface area contributed by atoms with E-state index in [1.165, 1.54) is 6.07 Å². The first-order valence-electron chi connectivity index (χ1n) is 5.20. The number of thiophene rings is 1. The van der Waals surface area contributed by atoms with Gasteiger partial charge in [0.05, 0.1) is 6.61 Å². The first-order valence-corrected chi connectivity index (χ1v) is 7.50. The molecule has 0 saturated carbocycles. The van der Waals surface area contributed by atoms with Crippen LogP contribution in [0, 0.1) is 0 Å². The molecule has 7 heteroatoms. The van der Waals surface area contributed by atoms with Gasteiger partial charge in [0.1, 0.15) is 4.21 Å². The summed E-state index contributed by atoms with van der Waals surface area (Å²) in [5.74, 6) is 0. The molecule has 2 aromatic rings. The maximum Gasteiger partial charge on any atom is 0.250 e. The number of aliphatic hydroxyl groups excluding tert-OH is 1. The lowest BCUT2D eigenvalue weighted by molar-refractivity contribution is 0.285. The Kier molecular flexibility index (Phi) is 4.07. The predicted molar refractivity (Wildman–Crippen MR) is 68.5 cm³/mol. The third-order valence-electron chi connectivity index (χ3n) is 2.25. The summed E-state index contributed by atoms with van der Waals surface area (Å²) in [6, 6.07) is 6.63. The molecule has 0 bridgehead atoms. The molecule has 2 aromatic heterocycles. The molecule has 0 aromatic carbocycles. The van der Waals surface area contributed by atoms with Crippen LogP contribution < -0.4 is 4.72 Å². The Morgan fingerprint density at radius 1 is 1.33 bits per heavy atom. The Morgan fingerprint density at radius 3 is 2.78 bits per heavy atom. The minimum atomic E-state index is -3.52. The molecule has 18 heavy (non-hydrogen) atoms. The van der Waals surface area contributed by atoms with E-state index >= 15 is 0 Å². The molecular weight excluding hydrogens is 272 g/mol. The number of nitrogens with one attached hydrogen (secondary N) is 1. The van der Waals surface area contributed by atoms with E-state index in [9.17, 15) is 8.42 Å². The quantitative estimate of drug-likeness (QED) is 0.862. The lowest BCUT2D eigenvalue weighted by Gasteiger charge is -2.04. The van der Waals surface area contributed by atoms with Gasteiger partial charge in [0, 0.05) is 23.8 Å². The second-order valence-corrected chi connectivity index (χ2v) is 6.73. The van der Waals surface area contributed by atoms with Crippen LogP contribution in [0.25, 0.3) is 0 Å². The Morgan fingerprint density at radius 2 is 2.17 bits per heavy atom. The smallest absolute Gasteiger partial charge is 0.250 e. The largest absolute Gasteiger partial charge is 0.391 e. The number of rotatable bonds is 5. The van der Waals surface area contributed by atoms with Gasteiger partial charge >= 0.3 is 0 Å². The minimum absolute atomic E-state index is 0.150. The van der Waals surface area contributed by atoms with Crippen LogP contribution in [-0.4, -0.2) is 18.5 Å². The second-order valence-electron chi connectivity index (χ2n) is 3.56. The average molecular weight is 284 g/mol. The van der Waals surface area contributed by atoms with Gasteiger partial charge in [-0.3, -0.25) is 4.98 Å². The first kappa shape index (κ1) is 13.2. The Labute approximate surface area is 109 Å². The summed E-state index contributed by atoms with van der Waals surface area (Å²) in [6.07, 6.45) is 3.24. The molecule has 0 amide bonds. The third kappa shape index (κ3) is 3.14. The summed E-state index contributed by atoms with van der Waals surface area (Å²) >= 11 is 1.06. The molecule has 0 aliphatic heterocycles. The van der Waals surface area contributed by atoms with Gasteiger partial charge < -0.3 is 5.11 Å². The molecule has 2 heterocycles. The van der Waals surface area contributed by atoms with Crippen LogP contribution in [0.15, 0.2) is 40.9 Å². The van der Waals surface area contributed by atoms with Crippen molar-refractivity contribution in [2.75, 3.05) is 0 Å². The summed E-state index contributed by atoms with van der Waals surface area (Å²) in [7, 11) is -3.52. The number of hydrogen-bond acceptors (Lipinski definition) is 5. The predicted octanol–water partition coefficient (Wildman–Crippen LogP) is 1.11. The van der Waals surface area contributed by atoms with E-state index in [4.69, 9.17) is 5.11 Å². The van der Waals surface area contributed by atoms with E-state index in [1.54, 1.807) is 30.6 Å². The maximum atomic E-state index is 11.9. The van der Waals surface area contributed by atoms with E-state index in [0.717, 1.165) is 16.9 Å². The van der Waals surface area contributed by atoms with Gasteiger partial charge in [0.15, 0.2) is 0 Å². The number of sulfonamides is 1. The highest BCUT2D eigenvalue weighted by molar-refractivity contribution is 7.91. The van der Waals surface area contributed by atoms with Gasteiger partial charge in [0.2, 0.25) is 10.0 Å². The molecule has 0 unspecified atom stereocenters. The van der Waals surface area contributed by atoms with E-state index in [-0.39, 0.29) is 17.4 Å². The molecule has 5 nitrogen and oxygen atoms in total. The first-order chi connectivity index (χ1) is 8.62. The molecule has 0 spiro atoms. The van der Waals surface area contributed by atoms with Crippen molar-refractivity contribution in [1.29, 1.82) is 0 Å². The number of nitrogens with zero attached hydrogens (tertiary/aromatic N) is 1. The Hall–Kier alpha value is -1.28. The summed E-state index contributed by atoms with van der Waals surface area (Å²) in [5.41, 5.74) is 0.792. The van der Waals surface area contributed by atoms with Crippen molar-refractivity contribution in [3.63, 3.8) is 0 Å². The molecule has 2 rings (SSSR count). The minimum Gasteiger partial charge on any atom is -0.391 e.